The van der Waals surface area contributed by atoms with E-state index in [0.717, 1.165) is 16.5 Å². The van der Waals surface area contributed by atoms with Crippen LogP contribution < -0.4 is 21.7 Å². The Labute approximate surface area is 249 Å². The molecule has 1 aromatic heterocycles. The zero-order valence-corrected chi connectivity index (χ0v) is 24.7. The molecule has 0 aliphatic rings. The van der Waals surface area contributed by atoms with Gasteiger partial charge in [-0.2, -0.15) is 11.8 Å². The second-order valence-electron chi connectivity index (χ2n) is 10.5. The number of hydrogen-bond acceptors (Lipinski definition) is 7. The number of carboxylic acid groups (broad SMARTS) is 1. The number of nitrogens with one attached hydrogen (secondary N) is 4. The normalized spacial score (nSPS) is 14.1. The van der Waals surface area contributed by atoms with Gasteiger partial charge in [0.15, 0.2) is 0 Å². The lowest BCUT2D eigenvalue weighted by Gasteiger charge is -2.27. The van der Waals surface area contributed by atoms with Crippen LogP contribution in [0.4, 0.5) is 0 Å². The standard InChI is InChI=1S/C30H39N5O6S/c1-17(2)26(35-27(37)22(31)15-19-16-32-23-7-5-4-6-21(19)23)29(39)33-24(12-13-42-3)28(38)34-25(30(40)41)14-18-8-10-20(36)11-9-18/h4-11,16-17,22,24-26,32,36H,12-15,31H2,1-3H3,(H,33,39)(H,34,38)(H,35,37)(H,40,41). The number of H-pyrrole nitrogens is 1. The van der Waals surface area contributed by atoms with Gasteiger partial charge in [-0.3, -0.25) is 14.4 Å². The van der Waals surface area contributed by atoms with Crippen molar-refractivity contribution in [2.75, 3.05) is 12.0 Å². The summed E-state index contributed by atoms with van der Waals surface area (Å²) in [6.07, 6.45) is 4.17. The van der Waals surface area contributed by atoms with Gasteiger partial charge in [-0.05, 0) is 60.1 Å². The first-order chi connectivity index (χ1) is 20.0. The van der Waals surface area contributed by atoms with Crippen molar-refractivity contribution in [1.29, 1.82) is 0 Å². The van der Waals surface area contributed by atoms with Gasteiger partial charge in [0.25, 0.3) is 0 Å². The predicted molar refractivity (Wildman–Crippen MR) is 163 cm³/mol. The zero-order chi connectivity index (χ0) is 30.8. The van der Waals surface area contributed by atoms with E-state index in [2.05, 4.69) is 20.9 Å². The molecular weight excluding hydrogens is 558 g/mol. The van der Waals surface area contributed by atoms with Crippen molar-refractivity contribution in [2.24, 2.45) is 11.7 Å². The molecule has 0 fully saturated rings. The topological polar surface area (TPSA) is 187 Å². The Bertz CT molecular complexity index is 1380. The highest BCUT2D eigenvalue weighted by molar-refractivity contribution is 7.98. The molecule has 3 amide bonds. The van der Waals surface area contributed by atoms with Crippen LogP contribution in [0.1, 0.15) is 31.4 Å². The number of aromatic nitrogens is 1. The minimum Gasteiger partial charge on any atom is -0.508 e. The molecule has 1 heterocycles. The van der Waals surface area contributed by atoms with Gasteiger partial charge in [-0.1, -0.05) is 44.2 Å². The number of phenols is 1. The van der Waals surface area contributed by atoms with E-state index >= 15 is 0 Å². The molecule has 226 valence electrons. The molecule has 0 aliphatic heterocycles. The van der Waals surface area contributed by atoms with Crippen LogP contribution in [0, 0.1) is 5.92 Å². The molecule has 0 saturated heterocycles. The number of hydrogen-bond donors (Lipinski definition) is 7. The molecule has 8 N–H and O–H groups in total. The van der Waals surface area contributed by atoms with Crippen LogP contribution in [-0.4, -0.2) is 75.1 Å². The maximum atomic E-state index is 13.4. The molecule has 2 aromatic carbocycles. The molecule has 42 heavy (non-hydrogen) atoms. The first-order valence-electron chi connectivity index (χ1n) is 13.7. The van der Waals surface area contributed by atoms with Crippen molar-refractivity contribution in [1.82, 2.24) is 20.9 Å². The first-order valence-corrected chi connectivity index (χ1v) is 15.1. The molecule has 0 radical (unpaired) electrons. The number of amides is 3. The van der Waals surface area contributed by atoms with Gasteiger partial charge in [0.1, 0.15) is 23.9 Å². The summed E-state index contributed by atoms with van der Waals surface area (Å²) in [5.41, 5.74) is 8.65. The Morgan fingerprint density at radius 1 is 0.905 bits per heavy atom. The van der Waals surface area contributed by atoms with Crippen molar-refractivity contribution in [3.8, 4) is 5.75 Å². The number of aromatic hydroxyl groups is 1. The Morgan fingerprint density at radius 3 is 2.21 bits per heavy atom. The monoisotopic (exact) mass is 597 g/mol. The van der Waals surface area contributed by atoms with Crippen LogP contribution in [0.15, 0.2) is 54.7 Å². The van der Waals surface area contributed by atoms with Gasteiger partial charge in [-0.15, -0.1) is 0 Å². The number of phenolic OH excluding ortho intramolecular Hbond substituents is 1. The van der Waals surface area contributed by atoms with Crippen LogP contribution in [0.25, 0.3) is 10.9 Å². The van der Waals surface area contributed by atoms with Crippen LogP contribution in [-0.2, 0) is 32.0 Å². The number of rotatable bonds is 15. The average molecular weight is 598 g/mol. The minimum atomic E-state index is -1.25. The first kappa shape index (κ1) is 32.5. The lowest BCUT2D eigenvalue weighted by Crippen LogP contribution is -2.58. The number of fused-ring (bicyclic) bond motifs is 1. The van der Waals surface area contributed by atoms with Crippen LogP contribution >= 0.6 is 11.8 Å². The zero-order valence-electron chi connectivity index (χ0n) is 23.9. The molecule has 0 saturated carbocycles. The lowest BCUT2D eigenvalue weighted by molar-refractivity contribution is -0.142. The van der Waals surface area contributed by atoms with Gasteiger partial charge in [0, 0.05) is 23.5 Å². The van der Waals surface area contributed by atoms with Crippen LogP contribution in [0.2, 0.25) is 0 Å². The summed E-state index contributed by atoms with van der Waals surface area (Å²) in [6.45, 7) is 3.54. The molecule has 4 atom stereocenters. The fourth-order valence-electron chi connectivity index (χ4n) is 4.53. The van der Waals surface area contributed by atoms with Crippen molar-refractivity contribution in [3.05, 3.63) is 65.9 Å². The summed E-state index contributed by atoms with van der Waals surface area (Å²) < 4.78 is 0. The third-order valence-electron chi connectivity index (χ3n) is 6.93. The molecule has 0 spiro atoms. The number of aromatic amines is 1. The number of thioether (sulfide) groups is 1. The minimum absolute atomic E-state index is 0.0104. The fraction of sp³-hybridized carbons (Fsp3) is 0.400. The number of carbonyl (C=O) groups is 4. The Balaban J connectivity index is 1.67. The molecule has 12 heteroatoms. The summed E-state index contributed by atoms with van der Waals surface area (Å²) in [4.78, 5) is 54.7. The third-order valence-corrected chi connectivity index (χ3v) is 7.58. The predicted octanol–water partition coefficient (Wildman–Crippen LogP) is 1.93. The van der Waals surface area contributed by atoms with Crippen molar-refractivity contribution in [2.45, 2.75) is 57.3 Å². The summed E-state index contributed by atoms with van der Waals surface area (Å²) in [5, 5.41) is 28.1. The van der Waals surface area contributed by atoms with E-state index in [1.165, 1.54) is 23.9 Å². The molecule has 11 nitrogen and oxygen atoms in total. The molecular formula is C30H39N5O6S. The smallest absolute Gasteiger partial charge is 0.326 e. The SMILES string of the molecule is CSCCC(NC(=O)C(NC(=O)C(N)Cc1c[nH]c2ccccc12)C(C)C)C(=O)NC(Cc1ccc(O)cc1)C(=O)O. The Kier molecular flexibility index (Phi) is 11.8. The molecule has 0 bridgehead atoms. The van der Waals surface area contributed by atoms with Crippen molar-refractivity contribution < 1.29 is 29.4 Å². The van der Waals surface area contributed by atoms with E-state index < -0.39 is 47.9 Å². The van der Waals surface area contributed by atoms with Gasteiger partial charge < -0.3 is 36.9 Å². The van der Waals surface area contributed by atoms with Gasteiger partial charge in [-0.25, -0.2) is 4.79 Å². The highest BCUT2D eigenvalue weighted by Gasteiger charge is 2.32. The molecule has 3 rings (SSSR count). The van der Waals surface area contributed by atoms with Gasteiger partial charge in [0.2, 0.25) is 17.7 Å². The van der Waals surface area contributed by atoms with E-state index in [0.29, 0.717) is 11.3 Å². The highest BCUT2D eigenvalue weighted by Crippen LogP contribution is 2.19. The number of aliphatic carboxylic acids is 1. The maximum Gasteiger partial charge on any atom is 0.326 e. The highest BCUT2D eigenvalue weighted by atomic mass is 32.2. The second kappa shape index (κ2) is 15.3. The van der Waals surface area contributed by atoms with Gasteiger partial charge >= 0.3 is 5.97 Å². The van der Waals surface area contributed by atoms with Crippen LogP contribution in [0.3, 0.4) is 0 Å². The fourth-order valence-corrected chi connectivity index (χ4v) is 5.00. The number of carboxylic acids is 1. The number of benzene rings is 2. The Hall–Kier alpha value is -4.03. The second-order valence-corrected chi connectivity index (χ2v) is 11.5. The van der Waals surface area contributed by atoms with E-state index in [-0.39, 0.29) is 30.9 Å². The van der Waals surface area contributed by atoms with Crippen molar-refractivity contribution >= 4 is 46.4 Å². The maximum absolute atomic E-state index is 13.4. The molecule has 4 unspecified atom stereocenters. The summed E-state index contributed by atoms with van der Waals surface area (Å²) in [7, 11) is 0. The molecule has 3 aromatic rings. The third kappa shape index (κ3) is 8.98. The van der Waals surface area contributed by atoms with Gasteiger partial charge in [0.05, 0.1) is 6.04 Å². The average Bonchev–Trinajstić information content (AvgIpc) is 3.36. The summed E-state index contributed by atoms with van der Waals surface area (Å²) in [5.74, 6) is -2.69. The Morgan fingerprint density at radius 2 is 1.57 bits per heavy atom. The summed E-state index contributed by atoms with van der Waals surface area (Å²) in [6, 6.07) is 9.54. The van der Waals surface area contributed by atoms with Crippen LogP contribution in [0.5, 0.6) is 5.75 Å². The van der Waals surface area contributed by atoms with Crippen molar-refractivity contribution in [3.63, 3.8) is 0 Å². The summed E-state index contributed by atoms with van der Waals surface area (Å²) >= 11 is 1.48. The number of carbonyl (C=O) groups excluding carboxylic acids is 3. The van der Waals surface area contributed by atoms with E-state index in [1.54, 1.807) is 26.0 Å². The lowest BCUT2D eigenvalue weighted by atomic mass is 10.0. The quantitative estimate of drug-likeness (QED) is 0.138. The van der Waals surface area contributed by atoms with E-state index in [9.17, 15) is 29.4 Å². The number of nitrogens with two attached hydrogens (primary N) is 1. The van der Waals surface area contributed by atoms with E-state index in [4.69, 9.17) is 5.73 Å². The van der Waals surface area contributed by atoms with E-state index in [1.807, 2.05) is 36.7 Å². The number of para-hydroxylation sites is 1. The largest absolute Gasteiger partial charge is 0.508 e. The molecule has 0 aliphatic carbocycles.